The van der Waals surface area contributed by atoms with Gasteiger partial charge in [-0.25, -0.2) is 0 Å². The fourth-order valence-electron chi connectivity index (χ4n) is 3.58. The van der Waals surface area contributed by atoms with Crippen LogP contribution >= 0.6 is 0 Å². The third-order valence-corrected chi connectivity index (χ3v) is 5.25. The van der Waals surface area contributed by atoms with Crippen molar-refractivity contribution in [1.29, 1.82) is 0 Å². The van der Waals surface area contributed by atoms with Gasteiger partial charge in [-0.05, 0) is 66.6 Å². The molecule has 0 aromatic heterocycles. The van der Waals surface area contributed by atoms with Gasteiger partial charge in [0.2, 0.25) is 0 Å². The van der Waals surface area contributed by atoms with Crippen LogP contribution in [0.4, 0.5) is 17.1 Å². The molecule has 4 rings (SSSR count). The summed E-state index contributed by atoms with van der Waals surface area (Å²) in [6.45, 7) is 1.46. The summed E-state index contributed by atoms with van der Waals surface area (Å²) in [4.78, 5) is 25.1. The van der Waals surface area contributed by atoms with E-state index in [-0.39, 0.29) is 18.6 Å². The lowest BCUT2D eigenvalue weighted by atomic mass is 10.0. The first-order chi connectivity index (χ1) is 16.1. The van der Waals surface area contributed by atoms with Crippen LogP contribution in [0.1, 0.15) is 19.8 Å². The molecule has 0 aliphatic rings. The Hall–Kier alpha value is -4.18. The Morgan fingerprint density at radius 2 is 1.06 bits per heavy atom. The first-order valence-electron chi connectivity index (χ1n) is 10.9. The number of anilines is 3. The van der Waals surface area contributed by atoms with Gasteiger partial charge in [0.1, 0.15) is 11.5 Å². The number of nitrogens with zero attached hydrogens (tertiary/aromatic N) is 1. The summed E-state index contributed by atoms with van der Waals surface area (Å²) in [5.74, 6) is 0.0521. The predicted octanol–water partition coefficient (Wildman–Crippen LogP) is 7.10. The number of rotatable bonds is 8. The molecule has 0 spiro atoms. The van der Waals surface area contributed by atoms with Crippen LogP contribution in [0.3, 0.4) is 0 Å². The van der Waals surface area contributed by atoms with Gasteiger partial charge < -0.3 is 14.4 Å². The van der Waals surface area contributed by atoms with Crippen molar-refractivity contribution < 1.29 is 14.3 Å². The van der Waals surface area contributed by atoms with E-state index >= 15 is 0 Å². The highest BCUT2D eigenvalue weighted by Gasteiger charge is 2.12. The predicted molar refractivity (Wildman–Crippen MR) is 132 cm³/mol. The second-order valence-corrected chi connectivity index (χ2v) is 7.75. The molecule has 4 aromatic carbocycles. The van der Waals surface area contributed by atoms with Crippen molar-refractivity contribution in [3.8, 4) is 16.9 Å². The number of benzene rings is 4. The topological polar surface area (TPSA) is 46.6 Å². The summed E-state index contributed by atoms with van der Waals surface area (Å²) in [6, 6.07) is 36.3. The highest BCUT2D eigenvalue weighted by Crippen LogP contribution is 2.35. The van der Waals surface area contributed by atoms with Crippen LogP contribution in [0.2, 0.25) is 0 Å². The monoisotopic (exact) mass is 435 g/mol. The maximum atomic E-state index is 11.8. The van der Waals surface area contributed by atoms with Crippen molar-refractivity contribution in [1.82, 2.24) is 0 Å². The van der Waals surface area contributed by atoms with Gasteiger partial charge in [-0.15, -0.1) is 0 Å². The molecule has 0 N–H and O–H groups in total. The van der Waals surface area contributed by atoms with E-state index in [9.17, 15) is 9.59 Å². The van der Waals surface area contributed by atoms with Gasteiger partial charge in [0.05, 0.1) is 6.42 Å². The molecule has 0 amide bonds. The SMILES string of the molecule is CC(=O)CCC(=O)Oc1ccc(-c2ccc(N(c3ccccc3)c3ccccc3)cc2)cc1. The van der Waals surface area contributed by atoms with E-state index in [1.165, 1.54) is 6.92 Å². The lowest BCUT2D eigenvalue weighted by Gasteiger charge is -2.25. The van der Waals surface area contributed by atoms with E-state index in [0.29, 0.717) is 5.75 Å². The van der Waals surface area contributed by atoms with Crippen LogP contribution in [-0.2, 0) is 9.59 Å². The van der Waals surface area contributed by atoms with E-state index in [0.717, 1.165) is 28.2 Å². The van der Waals surface area contributed by atoms with E-state index in [1.54, 1.807) is 12.1 Å². The van der Waals surface area contributed by atoms with Crippen LogP contribution in [0.15, 0.2) is 109 Å². The van der Waals surface area contributed by atoms with Crippen LogP contribution in [0.5, 0.6) is 5.75 Å². The number of para-hydroxylation sites is 2. The van der Waals surface area contributed by atoms with Gasteiger partial charge >= 0.3 is 5.97 Å². The molecule has 4 aromatic rings. The maximum absolute atomic E-state index is 11.8. The maximum Gasteiger partial charge on any atom is 0.311 e. The zero-order chi connectivity index (χ0) is 23.0. The minimum Gasteiger partial charge on any atom is -0.427 e. The van der Waals surface area contributed by atoms with E-state index in [2.05, 4.69) is 53.4 Å². The Morgan fingerprint density at radius 1 is 0.606 bits per heavy atom. The van der Waals surface area contributed by atoms with Crippen molar-refractivity contribution in [2.24, 2.45) is 0 Å². The summed E-state index contributed by atoms with van der Waals surface area (Å²) in [5.41, 5.74) is 5.33. The number of hydrogen-bond donors (Lipinski definition) is 0. The molecule has 0 aliphatic heterocycles. The van der Waals surface area contributed by atoms with E-state index < -0.39 is 5.97 Å². The first kappa shape index (κ1) is 22.0. The Balaban J connectivity index is 1.52. The summed E-state index contributed by atoms with van der Waals surface area (Å²) in [5, 5.41) is 0. The zero-order valence-corrected chi connectivity index (χ0v) is 18.5. The molecular weight excluding hydrogens is 410 g/mol. The third kappa shape index (κ3) is 5.74. The lowest BCUT2D eigenvalue weighted by molar-refractivity contribution is -0.135. The molecule has 0 bridgehead atoms. The Labute approximate surface area is 194 Å². The van der Waals surface area contributed by atoms with Crippen LogP contribution < -0.4 is 9.64 Å². The average molecular weight is 436 g/mol. The van der Waals surface area contributed by atoms with Gasteiger partial charge in [-0.3, -0.25) is 4.79 Å². The van der Waals surface area contributed by atoms with Gasteiger partial charge in [0, 0.05) is 23.5 Å². The molecule has 0 radical (unpaired) electrons. The summed E-state index contributed by atoms with van der Waals surface area (Å²) in [6.07, 6.45) is 0.296. The molecule has 33 heavy (non-hydrogen) atoms. The van der Waals surface area contributed by atoms with Crippen LogP contribution in [0, 0.1) is 0 Å². The molecule has 0 aliphatic carbocycles. The number of carbonyl (C=O) groups is 2. The smallest absolute Gasteiger partial charge is 0.311 e. The fourth-order valence-corrected chi connectivity index (χ4v) is 3.58. The number of ether oxygens (including phenoxy) is 1. The minimum absolute atomic E-state index is 0.0242. The van der Waals surface area contributed by atoms with Gasteiger partial charge in [-0.2, -0.15) is 0 Å². The van der Waals surface area contributed by atoms with Crippen molar-refractivity contribution in [2.75, 3.05) is 4.90 Å². The molecule has 0 fully saturated rings. The molecule has 164 valence electrons. The molecule has 0 heterocycles. The van der Waals surface area contributed by atoms with Gasteiger partial charge in [0.15, 0.2) is 0 Å². The van der Waals surface area contributed by atoms with E-state index in [1.807, 2.05) is 48.5 Å². The number of Topliss-reactive ketones (excluding diaryl/α,β-unsaturated/α-hetero) is 1. The average Bonchev–Trinajstić information content (AvgIpc) is 2.85. The standard InChI is InChI=1S/C29H25NO3/c1-22(31)12-21-29(32)33-28-19-15-24(16-20-28)23-13-17-27(18-14-23)30(25-8-4-2-5-9-25)26-10-6-3-7-11-26/h2-11,13-20H,12,21H2,1H3. The highest BCUT2D eigenvalue weighted by molar-refractivity contribution is 5.82. The van der Waals surface area contributed by atoms with Crippen molar-refractivity contribution in [3.05, 3.63) is 109 Å². The van der Waals surface area contributed by atoms with Gasteiger partial charge in [-0.1, -0.05) is 60.7 Å². The summed E-state index contributed by atoms with van der Waals surface area (Å²) < 4.78 is 5.31. The van der Waals surface area contributed by atoms with Crippen molar-refractivity contribution in [2.45, 2.75) is 19.8 Å². The van der Waals surface area contributed by atoms with Crippen LogP contribution in [0.25, 0.3) is 11.1 Å². The number of carbonyl (C=O) groups excluding carboxylic acids is 2. The molecule has 4 heteroatoms. The fraction of sp³-hybridized carbons (Fsp3) is 0.103. The Morgan fingerprint density at radius 3 is 1.55 bits per heavy atom. The van der Waals surface area contributed by atoms with Gasteiger partial charge in [0.25, 0.3) is 0 Å². The number of hydrogen-bond acceptors (Lipinski definition) is 4. The molecular formula is C29H25NO3. The molecule has 0 saturated carbocycles. The van der Waals surface area contributed by atoms with E-state index in [4.69, 9.17) is 4.74 Å². The number of ketones is 1. The van der Waals surface area contributed by atoms with Crippen molar-refractivity contribution in [3.63, 3.8) is 0 Å². The molecule has 4 nitrogen and oxygen atoms in total. The quantitative estimate of drug-likeness (QED) is 0.219. The summed E-state index contributed by atoms with van der Waals surface area (Å²) >= 11 is 0. The van der Waals surface area contributed by atoms with Crippen molar-refractivity contribution >= 4 is 28.8 Å². The Kier molecular flexibility index (Phi) is 6.96. The normalized spacial score (nSPS) is 10.5. The van der Waals surface area contributed by atoms with Crippen LogP contribution in [-0.4, -0.2) is 11.8 Å². The first-order valence-corrected chi connectivity index (χ1v) is 10.9. The molecule has 0 unspecified atom stereocenters. The third-order valence-electron chi connectivity index (χ3n) is 5.25. The Bertz CT molecular complexity index is 1160. The molecule has 0 atom stereocenters. The summed E-state index contributed by atoms with van der Waals surface area (Å²) in [7, 11) is 0. The second kappa shape index (κ2) is 10.4. The minimum atomic E-state index is -0.399. The highest BCUT2D eigenvalue weighted by atomic mass is 16.5. The largest absolute Gasteiger partial charge is 0.427 e. The second-order valence-electron chi connectivity index (χ2n) is 7.75. The zero-order valence-electron chi connectivity index (χ0n) is 18.5. The number of esters is 1. The lowest BCUT2D eigenvalue weighted by Crippen LogP contribution is -2.09. The molecule has 0 saturated heterocycles.